The lowest BCUT2D eigenvalue weighted by molar-refractivity contribution is -0.887. The fraction of sp³-hybridized carbons (Fsp3) is 0.919. The second-order valence-corrected chi connectivity index (χ2v) is 13.8. The first-order chi connectivity index (χ1) is 21.6. The lowest BCUT2D eigenvalue weighted by Crippen LogP contribution is -2.50. The number of ether oxygens (including phenoxy) is 3. The van der Waals surface area contributed by atoms with Gasteiger partial charge in [0.2, 0.25) is 0 Å². The van der Waals surface area contributed by atoms with E-state index in [0.717, 1.165) is 38.5 Å². The van der Waals surface area contributed by atoms with Crippen LogP contribution in [0.5, 0.6) is 0 Å². The number of carboxylic acids is 1. The Morgan fingerprint density at radius 3 is 1.38 bits per heavy atom. The highest BCUT2D eigenvalue weighted by Gasteiger charge is 2.31. The highest BCUT2D eigenvalue weighted by atomic mass is 16.6. The summed E-state index contributed by atoms with van der Waals surface area (Å²) < 4.78 is 17.1. The lowest BCUT2D eigenvalue weighted by atomic mass is 10.0. The SMILES string of the molecule is CCCCCCCCCCCCCCCCC(=O)OC(COCCC(C(=O)O)[N+](C)(C)C)COC(=O)CCCCCCCCC. The summed E-state index contributed by atoms with van der Waals surface area (Å²) in [6.45, 7) is 4.70. The van der Waals surface area contributed by atoms with Gasteiger partial charge in [0.25, 0.3) is 0 Å². The van der Waals surface area contributed by atoms with E-state index in [9.17, 15) is 19.5 Å². The fourth-order valence-electron chi connectivity index (χ4n) is 5.56. The zero-order valence-corrected chi connectivity index (χ0v) is 30.1. The quantitative estimate of drug-likeness (QED) is 0.0433. The molecule has 0 heterocycles. The summed E-state index contributed by atoms with van der Waals surface area (Å²) in [5.74, 6) is -1.46. The third kappa shape index (κ3) is 28.3. The topological polar surface area (TPSA) is 99.1 Å². The largest absolute Gasteiger partial charge is 0.477 e. The number of carboxylic acid groups (broad SMARTS) is 1. The van der Waals surface area contributed by atoms with Gasteiger partial charge in [0.05, 0.1) is 34.4 Å². The molecule has 2 unspecified atom stereocenters. The molecule has 0 spiro atoms. The highest BCUT2D eigenvalue weighted by Crippen LogP contribution is 2.15. The lowest BCUT2D eigenvalue weighted by Gasteiger charge is -2.31. The van der Waals surface area contributed by atoms with Gasteiger partial charge in [0, 0.05) is 19.3 Å². The average molecular weight is 643 g/mol. The number of quaternary nitrogens is 1. The molecule has 0 saturated carbocycles. The van der Waals surface area contributed by atoms with Crippen LogP contribution >= 0.6 is 0 Å². The van der Waals surface area contributed by atoms with Crippen LogP contribution in [0.15, 0.2) is 0 Å². The molecule has 1 N–H and O–H groups in total. The molecule has 0 amide bonds. The Balaban J connectivity index is 4.36. The zero-order chi connectivity index (χ0) is 33.6. The molecule has 0 aliphatic rings. The first-order valence-corrected chi connectivity index (χ1v) is 18.6. The number of nitrogens with zero attached hydrogens (tertiary/aromatic N) is 1. The predicted octanol–water partition coefficient (Wildman–Crippen LogP) is 9.02. The third-order valence-electron chi connectivity index (χ3n) is 8.51. The summed E-state index contributed by atoms with van der Waals surface area (Å²) in [4.78, 5) is 36.6. The molecule has 0 bridgehead atoms. The molecule has 0 aliphatic heterocycles. The zero-order valence-electron chi connectivity index (χ0n) is 30.1. The molecule has 45 heavy (non-hydrogen) atoms. The molecule has 0 radical (unpaired) electrons. The van der Waals surface area contributed by atoms with Gasteiger partial charge in [-0.25, -0.2) is 4.79 Å². The van der Waals surface area contributed by atoms with Gasteiger partial charge in [0.1, 0.15) is 6.61 Å². The maximum atomic E-state index is 12.6. The maximum Gasteiger partial charge on any atom is 0.362 e. The summed E-state index contributed by atoms with van der Waals surface area (Å²) in [5.41, 5.74) is 0. The Labute approximate surface area is 276 Å². The molecular weight excluding hydrogens is 570 g/mol. The Morgan fingerprint density at radius 1 is 0.578 bits per heavy atom. The van der Waals surface area contributed by atoms with Crippen LogP contribution in [-0.4, -0.2) is 80.6 Å². The Kier molecular flexibility index (Phi) is 28.6. The molecule has 0 aliphatic carbocycles. The number of aliphatic carboxylic acids is 1. The standard InChI is InChI=1S/C37H71NO7/c1-6-8-10-12-14-15-16-17-18-19-20-22-24-26-28-36(40)45-33(31-43-30-29-34(37(41)42)38(3,4)5)32-44-35(39)27-25-23-21-13-11-9-7-2/h33-34H,6-32H2,1-5H3/p+1. The van der Waals surface area contributed by atoms with Gasteiger partial charge in [-0.1, -0.05) is 136 Å². The van der Waals surface area contributed by atoms with Gasteiger partial charge < -0.3 is 23.8 Å². The van der Waals surface area contributed by atoms with Crippen molar-refractivity contribution in [3.05, 3.63) is 0 Å². The minimum absolute atomic E-state index is 0.0441. The van der Waals surface area contributed by atoms with E-state index in [1.54, 1.807) is 0 Å². The van der Waals surface area contributed by atoms with Crippen molar-refractivity contribution >= 4 is 17.9 Å². The van der Waals surface area contributed by atoms with Crippen LogP contribution in [-0.2, 0) is 28.6 Å². The molecule has 0 rings (SSSR count). The number of hydrogen-bond donors (Lipinski definition) is 1. The summed E-state index contributed by atoms with van der Waals surface area (Å²) in [6, 6.07) is -0.605. The number of likely N-dealkylation sites (N-methyl/N-ethyl adjacent to an activating group) is 1. The first kappa shape index (κ1) is 43.3. The second kappa shape index (κ2) is 29.7. The summed E-state index contributed by atoms with van der Waals surface area (Å²) in [7, 11) is 5.52. The van der Waals surface area contributed by atoms with Crippen molar-refractivity contribution in [2.45, 2.75) is 180 Å². The van der Waals surface area contributed by atoms with E-state index in [0.29, 0.717) is 19.3 Å². The van der Waals surface area contributed by atoms with Crippen LogP contribution in [0, 0.1) is 0 Å². The van der Waals surface area contributed by atoms with E-state index >= 15 is 0 Å². The Bertz CT molecular complexity index is 722. The minimum Gasteiger partial charge on any atom is -0.477 e. The second-order valence-electron chi connectivity index (χ2n) is 13.8. The number of rotatable bonds is 33. The maximum absolute atomic E-state index is 12.6. The molecule has 0 aromatic carbocycles. The van der Waals surface area contributed by atoms with Gasteiger partial charge in [-0.05, 0) is 12.8 Å². The molecule has 0 aromatic heterocycles. The normalized spacial score (nSPS) is 13.0. The van der Waals surface area contributed by atoms with Gasteiger partial charge >= 0.3 is 17.9 Å². The van der Waals surface area contributed by atoms with Crippen LogP contribution in [0.3, 0.4) is 0 Å². The monoisotopic (exact) mass is 643 g/mol. The van der Waals surface area contributed by atoms with Crippen LogP contribution in [0.25, 0.3) is 0 Å². The van der Waals surface area contributed by atoms with Crippen molar-refractivity contribution in [1.82, 2.24) is 0 Å². The molecule has 8 heteroatoms. The number of hydrogen-bond acceptors (Lipinski definition) is 6. The summed E-state index contributed by atoms with van der Waals surface area (Å²) in [6.07, 6.45) is 25.8. The number of esters is 2. The fourth-order valence-corrected chi connectivity index (χ4v) is 5.56. The Morgan fingerprint density at radius 2 is 0.978 bits per heavy atom. The van der Waals surface area contributed by atoms with Crippen molar-refractivity contribution in [3.63, 3.8) is 0 Å². The molecule has 0 aromatic rings. The summed E-state index contributed by atoms with van der Waals surface area (Å²) in [5, 5.41) is 9.55. The third-order valence-corrected chi connectivity index (χ3v) is 8.51. The summed E-state index contributed by atoms with van der Waals surface area (Å²) >= 11 is 0. The molecule has 0 saturated heterocycles. The molecule has 2 atom stereocenters. The van der Waals surface area contributed by atoms with Crippen molar-refractivity contribution in [1.29, 1.82) is 0 Å². The molecule has 266 valence electrons. The van der Waals surface area contributed by atoms with E-state index in [4.69, 9.17) is 14.2 Å². The van der Waals surface area contributed by atoms with Gasteiger partial charge in [-0.3, -0.25) is 9.59 Å². The van der Waals surface area contributed by atoms with Crippen LogP contribution in [0.4, 0.5) is 0 Å². The number of unbranched alkanes of at least 4 members (excludes halogenated alkanes) is 19. The average Bonchev–Trinajstić information content (AvgIpc) is 2.98. The first-order valence-electron chi connectivity index (χ1n) is 18.6. The van der Waals surface area contributed by atoms with E-state index in [2.05, 4.69) is 13.8 Å². The van der Waals surface area contributed by atoms with Gasteiger partial charge in [-0.2, -0.15) is 0 Å². The molecule has 8 nitrogen and oxygen atoms in total. The van der Waals surface area contributed by atoms with Gasteiger partial charge in [0.15, 0.2) is 12.1 Å². The smallest absolute Gasteiger partial charge is 0.362 e. The number of carbonyl (C=O) groups is 3. The van der Waals surface area contributed by atoms with E-state index in [-0.39, 0.29) is 36.2 Å². The number of carbonyl (C=O) groups excluding carboxylic acids is 2. The Hall–Kier alpha value is -1.67. The van der Waals surface area contributed by atoms with E-state index in [1.807, 2.05) is 21.1 Å². The van der Waals surface area contributed by atoms with Crippen molar-refractivity contribution in [3.8, 4) is 0 Å². The predicted molar refractivity (Wildman–Crippen MR) is 183 cm³/mol. The molecular formula is C37H72NO7+. The van der Waals surface area contributed by atoms with Crippen LogP contribution in [0.2, 0.25) is 0 Å². The van der Waals surface area contributed by atoms with Gasteiger partial charge in [-0.15, -0.1) is 0 Å². The minimum atomic E-state index is -0.874. The molecule has 0 fully saturated rings. The van der Waals surface area contributed by atoms with Crippen molar-refractivity contribution < 1.29 is 38.2 Å². The van der Waals surface area contributed by atoms with Crippen LogP contribution in [0.1, 0.15) is 168 Å². The van der Waals surface area contributed by atoms with Crippen LogP contribution < -0.4 is 0 Å². The highest BCUT2D eigenvalue weighted by molar-refractivity contribution is 5.72. The van der Waals surface area contributed by atoms with E-state index in [1.165, 1.54) is 96.3 Å². The van der Waals surface area contributed by atoms with E-state index < -0.39 is 18.1 Å². The van der Waals surface area contributed by atoms with Crippen molar-refractivity contribution in [2.75, 3.05) is 41.0 Å². The van der Waals surface area contributed by atoms with Crippen molar-refractivity contribution in [2.24, 2.45) is 0 Å².